The summed E-state index contributed by atoms with van der Waals surface area (Å²) < 4.78 is 23.3. The van der Waals surface area contributed by atoms with E-state index in [2.05, 4.69) is 31.1 Å². The van der Waals surface area contributed by atoms with Gasteiger partial charge in [-0.1, -0.05) is 13.8 Å². The fourth-order valence-corrected chi connectivity index (χ4v) is 5.15. The minimum absolute atomic E-state index is 0.341. The topological polar surface area (TPSA) is 49.4 Å². The van der Waals surface area contributed by atoms with Crippen LogP contribution in [0.2, 0.25) is 0 Å². The molecule has 2 fully saturated rings. The Balaban J connectivity index is 1.94. The van der Waals surface area contributed by atoms with Crippen LogP contribution in [0, 0.1) is 11.3 Å². The van der Waals surface area contributed by atoms with Gasteiger partial charge in [0.05, 0.1) is 11.5 Å². The van der Waals surface area contributed by atoms with Crippen molar-refractivity contribution in [2.45, 2.75) is 39.2 Å². The normalized spacial score (nSPS) is 35.1. The van der Waals surface area contributed by atoms with Crippen LogP contribution in [0.3, 0.4) is 0 Å². The van der Waals surface area contributed by atoms with Crippen molar-refractivity contribution in [1.82, 2.24) is 10.2 Å². The lowest BCUT2D eigenvalue weighted by molar-refractivity contribution is 0.197. The molecule has 2 rings (SSSR count). The lowest BCUT2D eigenvalue weighted by atomic mass is 9.85. The molecule has 0 spiro atoms. The summed E-state index contributed by atoms with van der Waals surface area (Å²) in [6, 6.07) is 0.548. The van der Waals surface area contributed by atoms with Crippen LogP contribution in [0.5, 0.6) is 0 Å². The quantitative estimate of drug-likeness (QED) is 0.846. The van der Waals surface area contributed by atoms with Crippen molar-refractivity contribution in [3.8, 4) is 0 Å². The Hall–Kier alpha value is -0.130. The molecule has 1 aliphatic carbocycles. The summed E-state index contributed by atoms with van der Waals surface area (Å²) in [4.78, 5) is 2.36. The third-order valence-corrected chi connectivity index (χ3v) is 6.64. The fraction of sp³-hybridized carbons (Fsp3) is 1.00. The Morgan fingerprint density at radius 2 is 2.00 bits per heavy atom. The van der Waals surface area contributed by atoms with Crippen molar-refractivity contribution in [2.75, 3.05) is 38.2 Å². The molecule has 4 nitrogen and oxygen atoms in total. The highest BCUT2D eigenvalue weighted by atomic mass is 32.2. The molecule has 0 aromatic carbocycles. The molecule has 2 atom stereocenters. The largest absolute Gasteiger partial charge is 0.316 e. The highest BCUT2D eigenvalue weighted by Gasteiger charge is 2.41. The highest BCUT2D eigenvalue weighted by molar-refractivity contribution is 7.91. The van der Waals surface area contributed by atoms with Crippen LogP contribution in [-0.4, -0.2) is 57.5 Å². The van der Waals surface area contributed by atoms with E-state index in [-0.39, 0.29) is 0 Å². The first-order chi connectivity index (χ1) is 8.84. The third-order valence-electron chi connectivity index (χ3n) is 4.92. The maximum atomic E-state index is 11.6. The molecule has 0 aromatic heterocycles. The summed E-state index contributed by atoms with van der Waals surface area (Å²) in [6.07, 6.45) is 3.31. The van der Waals surface area contributed by atoms with Gasteiger partial charge in [-0.2, -0.15) is 0 Å². The monoisotopic (exact) mass is 288 g/mol. The molecule has 2 unspecified atom stereocenters. The van der Waals surface area contributed by atoms with E-state index in [4.69, 9.17) is 0 Å². The van der Waals surface area contributed by atoms with E-state index in [1.807, 2.05) is 0 Å². The Kier molecular flexibility index (Phi) is 4.58. The van der Waals surface area contributed by atoms with Crippen molar-refractivity contribution in [3.63, 3.8) is 0 Å². The van der Waals surface area contributed by atoms with Gasteiger partial charge in [-0.25, -0.2) is 8.42 Å². The van der Waals surface area contributed by atoms with Crippen molar-refractivity contribution in [2.24, 2.45) is 11.3 Å². The van der Waals surface area contributed by atoms with Crippen LogP contribution in [-0.2, 0) is 9.84 Å². The van der Waals surface area contributed by atoms with E-state index in [9.17, 15) is 8.42 Å². The molecule has 1 saturated heterocycles. The van der Waals surface area contributed by atoms with E-state index >= 15 is 0 Å². The van der Waals surface area contributed by atoms with E-state index in [0.717, 1.165) is 26.1 Å². The minimum Gasteiger partial charge on any atom is -0.316 e. The number of sulfone groups is 1. The first-order valence-corrected chi connectivity index (χ1v) is 9.26. The smallest absolute Gasteiger partial charge is 0.151 e. The zero-order valence-electron chi connectivity index (χ0n) is 12.5. The minimum atomic E-state index is -2.78. The van der Waals surface area contributed by atoms with Gasteiger partial charge in [0, 0.05) is 19.1 Å². The van der Waals surface area contributed by atoms with Gasteiger partial charge < -0.3 is 10.2 Å². The van der Waals surface area contributed by atoms with E-state index < -0.39 is 9.84 Å². The molecule has 1 heterocycles. The summed E-state index contributed by atoms with van der Waals surface area (Å²) in [5.41, 5.74) is 0.358. The summed E-state index contributed by atoms with van der Waals surface area (Å²) in [6.45, 7) is 7.37. The number of hydrogen-bond acceptors (Lipinski definition) is 4. The van der Waals surface area contributed by atoms with Gasteiger partial charge in [0.15, 0.2) is 9.84 Å². The molecule has 0 bridgehead atoms. The van der Waals surface area contributed by atoms with Crippen LogP contribution >= 0.6 is 0 Å². The molecule has 1 N–H and O–H groups in total. The van der Waals surface area contributed by atoms with Gasteiger partial charge in [-0.15, -0.1) is 0 Å². The Bertz CT molecular complexity index is 406. The van der Waals surface area contributed by atoms with E-state index in [1.54, 1.807) is 0 Å². The summed E-state index contributed by atoms with van der Waals surface area (Å²) in [7, 11) is -0.732. The summed E-state index contributed by atoms with van der Waals surface area (Å²) in [5, 5.41) is 3.48. The molecule has 0 radical (unpaired) electrons. The molecule has 0 aromatic rings. The molecule has 5 heteroatoms. The molecule has 19 heavy (non-hydrogen) atoms. The SMILES string of the molecule is CNC1C(CN2CCCS(=O)(=O)CC2)CCC1(C)C. The average Bonchev–Trinajstić information content (AvgIpc) is 2.48. The molecule has 112 valence electrons. The van der Waals surface area contributed by atoms with Crippen LogP contribution in [0.1, 0.15) is 33.1 Å². The predicted octanol–water partition coefficient (Wildman–Crippen LogP) is 1.13. The Labute approximate surface area is 117 Å². The van der Waals surface area contributed by atoms with E-state index in [1.165, 1.54) is 12.8 Å². The van der Waals surface area contributed by atoms with Crippen molar-refractivity contribution >= 4 is 9.84 Å². The average molecular weight is 288 g/mol. The van der Waals surface area contributed by atoms with Crippen molar-refractivity contribution in [3.05, 3.63) is 0 Å². The zero-order chi connectivity index (χ0) is 14.1. The number of nitrogens with one attached hydrogen (secondary N) is 1. The molecule has 2 aliphatic rings. The van der Waals surface area contributed by atoms with Crippen LogP contribution < -0.4 is 5.32 Å². The van der Waals surface area contributed by atoms with Gasteiger partial charge >= 0.3 is 0 Å². The number of nitrogens with zero attached hydrogens (tertiary/aromatic N) is 1. The third kappa shape index (κ3) is 3.70. The Morgan fingerprint density at radius 3 is 2.68 bits per heavy atom. The second kappa shape index (κ2) is 5.70. The standard InChI is InChI=1S/C14H28N2O2S/c1-14(2)6-5-12(13(14)15-3)11-16-7-4-9-19(17,18)10-8-16/h12-13,15H,4-11H2,1-3H3. The van der Waals surface area contributed by atoms with Crippen LogP contribution in [0.15, 0.2) is 0 Å². The van der Waals surface area contributed by atoms with Crippen molar-refractivity contribution < 1.29 is 8.42 Å². The van der Waals surface area contributed by atoms with Gasteiger partial charge in [0.1, 0.15) is 0 Å². The lowest BCUT2D eigenvalue weighted by Gasteiger charge is -2.33. The molecule has 1 saturated carbocycles. The van der Waals surface area contributed by atoms with Gasteiger partial charge in [0.2, 0.25) is 0 Å². The van der Waals surface area contributed by atoms with Gasteiger partial charge in [0.25, 0.3) is 0 Å². The lowest BCUT2D eigenvalue weighted by Crippen LogP contribution is -2.44. The molecule has 0 amide bonds. The summed E-state index contributed by atoms with van der Waals surface area (Å²) in [5.74, 6) is 1.36. The van der Waals surface area contributed by atoms with Crippen LogP contribution in [0.4, 0.5) is 0 Å². The van der Waals surface area contributed by atoms with Gasteiger partial charge in [-0.05, 0) is 44.2 Å². The maximum absolute atomic E-state index is 11.6. The van der Waals surface area contributed by atoms with E-state index in [0.29, 0.717) is 28.9 Å². The molecule has 1 aliphatic heterocycles. The second-order valence-electron chi connectivity index (χ2n) is 6.86. The predicted molar refractivity (Wildman–Crippen MR) is 79.1 cm³/mol. The van der Waals surface area contributed by atoms with Crippen molar-refractivity contribution in [1.29, 1.82) is 0 Å². The number of hydrogen-bond donors (Lipinski definition) is 1. The first-order valence-electron chi connectivity index (χ1n) is 7.44. The number of rotatable bonds is 3. The molecular weight excluding hydrogens is 260 g/mol. The second-order valence-corrected chi connectivity index (χ2v) is 9.16. The summed E-state index contributed by atoms with van der Waals surface area (Å²) >= 11 is 0. The van der Waals surface area contributed by atoms with Crippen LogP contribution in [0.25, 0.3) is 0 Å². The Morgan fingerprint density at radius 1 is 1.26 bits per heavy atom. The zero-order valence-corrected chi connectivity index (χ0v) is 13.3. The first kappa shape index (κ1) is 15.3. The van der Waals surface area contributed by atoms with Gasteiger partial charge in [-0.3, -0.25) is 0 Å². The molecular formula is C14H28N2O2S. The highest BCUT2D eigenvalue weighted by Crippen LogP contribution is 2.41. The maximum Gasteiger partial charge on any atom is 0.151 e. The fourth-order valence-electron chi connectivity index (χ4n) is 3.85.